The molecule has 2 fully saturated rings. The smallest absolute Gasteiger partial charge is 0.237 e. The van der Waals surface area contributed by atoms with Crippen LogP contribution in [0.3, 0.4) is 0 Å². The lowest BCUT2D eigenvalue weighted by molar-refractivity contribution is -0.141. The van der Waals surface area contributed by atoms with Crippen molar-refractivity contribution < 1.29 is 9.59 Å². The van der Waals surface area contributed by atoms with Crippen molar-refractivity contribution in [3.8, 4) is 0 Å². The number of carbonyl (C=O) groups is 2. The van der Waals surface area contributed by atoms with Crippen LogP contribution < -0.4 is 0 Å². The summed E-state index contributed by atoms with van der Waals surface area (Å²) in [6, 6.07) is 4.05. The van der Waals surface area contributed by atoms with Gasteiger partial charge in [-0.15, -0.1) is 0 Å². The van der Waals surface area contributed by atoms with Crippen LogP contribution in [0.15, 0.2) is 43.2 Å². The zero-order valence-corrected chi connectivity index (χ0v) is 17.7. The van der Waals surface area contributed by atoms with E-state index >= 15 is 0 Å². The Hall–Kier alpha value is -2.74. The van der Waals surface area contributed by atoms with Crippen molar-refractivity contribution in [2.75, 3.05) is 26.7 Å². The van der Waals surface area contributed by atoms with Crippen molar-refractivity contribution in [2.24, 2.45) is 5.92 Å². The first-order valence-corrected chi connectivity index (χ1v) is 10.7. The Morgan fingerprint density at radius 2 is 2.17 bits per heavy atom. The molecule has 3 atom stereocenters. The van der Waals surface area contributed by atoms with Gasteiger partial charge in [0.15, 0.2) is 0 Å². The molecule has 0 aliphatic carbocycles. The predicted octanol–water partition coefficient (Wildman–Crippen LogP) is 1.25. The van der Waals surface area contributed by atoms with Gasteiger partial charge in [-0.3, -0.25) is 19.5 Å². The first-order valence-electron chi connectivity index (χ1n) is 10.7. The number of fused-ring (bicyclic) bond motifs is 1. The van der Waals surface area contributed by atoms with Gasteiger partial charge < -0.3 is 14.4 Å². The molecule has 8 heteroatoms. The van der Waals surface area contributed by atoms with E-state index in [9.17, 15) is 9.59 Å². The fourth-order valence-corrected chi connectivity index (χ4v) is 4.91. The Morgan fingerprint density at radius 3 is 2.87 bits per heavy atom. The van der Waals surface area contributed by atoms with Crippen LogP contribution in [-0.4, -0.2) is 79.8 Å². The molecule has 0 spiro atoms. The molecule has 0 unspecified atom stereocenters. The minimum absolute atomic E-state index is 0.00811. The minimum Gasteiger partial charge on any atom is -0.344 e. The molecule has 4 heterocycles. The average Bonchev–Trinajstić information content (AvgIpc) is 3.39. The normalized spacial score (nSPS) is 24.1. The predicted molar refractivity (Wildman–Crippen MR) is 112 cm³/mol. The first kappa shape index (κ1) is 20.5. The zero-order chi connectivity index (χ0) is 21.1. The van der Waals surface area contributed by atoms with Gasteiger partial charge in [0.1, 0.15) is 0 Å². The van der Waals surface area contributed by atoms with Crippen LogP contribution in [0, 0.1) is 5.92 Å². The molecule has 2 aromatic heterocycles. The van der Waals surface area contributed by atoms with Gasteiger partial charge >= 0.3 is 0 Å². The van der Waals surface area contributed by atoms with Gasteiger partial charge in [-0.05, 0) is 24.5 Å². The quantitative estimate of drug-likeness (QED) is 0.687. The molecule has 0 bridgehead atoms. The van der Waals surface area contributed by atoms with E-state index in [4.69, 9.17) is 0 Å². The summed E-state index contributed by atoms with van der Waals surface area (Å²) in [6.45, 7) is 5.35. The second-order valence-electron chi connectivity index (χ2n) is 8.36. The molecule has 2 aliphatic heterocycles. The van der Waals surface area contributed by atoms with Gasteiger partial charge in [0.2, 0.25) is 11.8 Å². The van der Waals surface area contributed by atoms with E-state index in [1.165, 1.54) is 0 Å². The molecule has 0 saturated carbocycles. The van der Waals surface area contributed by atoms with E-state index in [-0.39, 0.29) is 29.8 Å². The molecule has 0 radical (unpaired) electrons. The van der Waals surface area contributed by atoms with Gasteiger partial charge in [-0.25, -0.2) is 4.98 Å². The minimum atomic E-state index is -0.130. The highest BCUT2D eigenvalue weighted by molar-refractivity contribution is 5.84. The topological polar surface area (TPSA) is 74.6 Å². The third kappa shape index (κ3) is 4.23. The van der Waals surface area contributed by atoms with Gasteiger partial charge in [0.25, 0.3) is 0 Å². The molecule has 4 rings (SSSR count). The van der Waals surface area contributed by atoms with E-state index in [0.717, 1.165) is 31.5 Å². The van der Waals surface area contributed by atoms with Gasteiger partial charge in [-0.1, -0.05) is 13.0 Å². The summed E-state index contributed by atoms with van der Waals surface area (Å²) in [4.78, 5) is 40.5. The number of piperazine rings is 1. The number of pyridine rings is 1. The lowest BCUT2D eigenvalue weighted by Gasteiger charge is -2.40. The van der Waals surface area contributed by atoms with Gasteiger partial charge in [0, 0.05) is 70.1 Å². The lowest BCUT2D eigenvalue weighted by atomic mass is 9.95. The molecule has 0 aromatic carbocycles. The maximum Gasteiger partial charge on any atom is 0.237 e. The molecule has 30 heavy (non-hydrogen) atoms. The molecule has 0 N–H and O–H groups in total. The number of aromatic nitrogens is 3. The van der Waals surface area contributed by atoms with Crippen molar-refractivity contribution in [2.45, 2.75) is 44.9 Å². The van der Waals surface area contributed by atoms with Crippen molar-refractivity contribution in [3.63, 3.8) is 0 Å². The Bertz CT molecular complexity index is 856. The first-order chi connectivity index (χ1) is 14.6. The van der Waals surface area contributed by atoms with E-state index in [1.54, 1.807) is 18.7 Å². The lowest BCUT2D eigenvalue weighted by Crippen LogP contribution is -2.56. The Labute approximate surface area is 177 Å². The number of hydrogen-bond acceptors (Lipinski definition) is 5. The number of amides is 2. The summed E-state index contributed by atoms with van der Waals surface area (Å²) < 4.78 is 1.97. The Balaban J connectivity index is 1.41. The second kappa shape index (κ2) is 8.95. The van der Waals surface area contributed by atoms with E-state index in [1.807, 2.05) is 45.9 Å². The highest BCUT2D eigenvalue weighted by Gasteiger charge is 2.49. The number of rotatable bonds is 7. The summed E-state index contributed by atoms with van der Waals surface area (Å²) in [5.41, 5.74) is 1.11. The van der Waals surface area contributed by atoms with Crippen molar-refractivity contribution in [3.05, 3.63) is 48.8 Å². The zero-order valence-electron chi connectivity index (χ0n) is 17.7. The number of carbonyl (C=O) groups excluding carboxylic acids is 2. The third-order valence-corrected chi connectivity index (χ3v) is 6.35. The van der Waals surface area contributed by atoms with Crippen molar-refractivity contribution in [1.82, 2.24) is 29.2 Å². The highest BCUT2D eigenvalue weighted by Crippen LogP contribution is 2.36. The second-order valence-corrected chi connectivity index (χ2v) is 8.36. The Kier molecular flexibility index (Phi) is 6.13. The molecule has 2 aromatic rings. The molecule has 160 valence electrons. The largest absolute Gasteiger partial charge is 0.344 e. The van der Waals surface area contributed by atoms with Crippen LogP contribution in [0.5, 0.6) is 0 Å². The summed E-state index contributed by atoms with van der Waals surface area (Å²) in [7, 11) is 1.86. The summed E-state index contributed by atoms with van der Waals surface area (Å²) >= 11 is 0. The van der Waals surface area contributed by atoms with Crippen LogP contribution in [0.25, 0.3) is 0 Å². The maximum atomic E-state index is 13.2. The molecule has 2 aliphatic rings. The number of likely N-dealkylation sites (N-methyl/N-ethyl adjacent to an activating group) is 1. The summed E-state index contributed by atoms with van der Waals surface area (Å²) in [5, 5.41) is 0. The molecule has 8 nitrogen and oxygen atoms in total. The third-order valence-electron chi connectivity index (χ3n) is 6.35. The number of nitrogens with zero attached hydrogens (tertiary/aromatic N) is 6. The van der Waals surface area contributed by atoms with Crippen LogP contribution >= 0.6 is 0 Å². The van der Waals surface area contributed by atoms with E-state index in [2.05, 4.69) is 21.8 Å². The number of imidazole rings is 1. The highest BCUT2D eigenvalue weighted by atomic mass is 16.2. The van der Waals surface area contributed by atoms with Gasteiger partial charge in [0.05, 0.1) is 18.8 Å². The van der Waals surface area contributed by atoms with Crippen LogP contribution in [-0.2, 0) is 22.7 Å². The van der Waals surface area contributed by atoms with E-state index in [0.29, 0.717) is 19.6 Å². The van der Waals surface area contributed by atoms with Crippen LogP contribution in [0.4, 0.5) is 0 Å². The SMILES string of the molecule is CC[C@@H]1[C@H](C(=O)N(C)CCn2ccnc2)C[C@@H]2CN(Cc3cccnc3)CC(=O)N21. The molecular formula is C22H30N6O2. The van der Waals surface area contributed by atoms with Crippen LogP contribution in [0.1, 0.15) is 25.3 Å². The van der Waals surface area contributed by atoms with E-state index < -0.39 is 0 Å². The fourth-order valence-electron chi connectivity index (χ4n) is 4.91. The molecule has 2 saturated heterocycles. The van der Waals surface area contributed by atoms with Crippen molar-refractivity contribution >= 4 is 11.8 Å². The summed E-state index contributed by atoms with van der Waals surface area (Å²) in [6.07, 6.45) is 10.6. The molecular weight excluding hydrogens is 380 g/mol. The fraction of sp³-hybridized carbons (Fsp3) is 0.545. The standard InChI is InChI=1S/C22H30N6O2/c1-3-20-19(22(30)25(2)9-10-26-8-7-24-16-26)11-18-14-27(15-21(29)28(18)20)13-17-5-4-6-23-12-17/h4-8,12,16,18-20H,3,9-11,13-15H2,1-2H3/t18-,19-,20-/m1/s1. The summed E-state index contributed by atoms with van der Waals surface area (Å²) in [5.74, 6) is 0.149. The van der Waals surface area contributed by atoms with Crippen LogP contribution in [0.2, 0.25) is 0 Å². The monoisotopic (exact) mass is 410 g/mol. The van der Waals surface area contributed by atoms with Crippen molar-refractivity contribution in [1.29, 1.82) is 0 Å². The molecule has 2 amide bonds. The maximum absolute atomic E-state index is 13.2. The Morgan fingerprint density at radius 1 is 1.30 bits per heavy atom. The van der Waals surface area contributed by atoms with Gasteiger partial charge in [-0.2, -0.15) is 0 Å². The average molecular weight is 411 g/mol. The number of hydrogen-bond donors (Lipinski definition) is 0.